The van der Waals surface area contributed by atoms with Gasteiger partial charge < -0.3 is 14.2 Å². The third-order valence-electron chi connectivity index (χ3n) is 3.08. The highest BCUT2D eigenvalue weighted by Gasteiger charge is 2.17. The number of rotatable bonds is 4. The molecule has 2 heterocycles. The zero-order chi connectivity index (χ0) is 15.5. The summed E-state index contributed by atoms with van der Waals surface area (Å²) in [6.45, 7) is 0.0183. The highest BCUT2D eigenvalue weighted by molar-refractivity contribution is 5.94. The van der Waals surface area contributed by atoms with Gasteiger partial charge in [-0.15, -0.1) is 0 Å². The fourth-order valence-corrected chi connectivity index (χ4v) is 2.00. The van der Waals surface area contributed by atoms with Crippen molar-refractivity contribution in [3.63, 3.8) is 0 Å². The number of carbonyl (C=O) groups excluding carboxylic acids is 1. The first kappa shape index (κ1) is 14.1. The molecular formula is C16H11F2NO3. The minimum Gasteiger partial charge on any atom is -0.472 e. The Labute approximate surface area is 124 Å². The van der Waals surface area contributed by atoms with Crippen molar-refractivity contribution in [3.05, 3.63) is 71.9 Å². The number of carbonyl (C=O) groups is 1. The van der Waals surface area contributed by atoms with Crippen LogP contribution >= 0.6 is 0 Å². The maximum atomic E-state index is 13.5. The quantitative estimate of drug-likeness (QED) is 0.798. The summed E-state index contributed by atoms with van der Waals surface area (Å²) >= 11 is 0. The van der Waals surface area contributed by atoms with Gasteiger partial charge in [0.15, 0.2) is 0 Å². The van der Waals surface area contributed by atoms with E-state index >= 15 is 0 Å². The molecule has 1 amide bonds. The molecule has 0 unspecified atom stereocenters. The normalized spacial score (nSPS) is 10.6. The molecule has 0 radical (unpaired) electrons. The lowest BCUT2D eigenvalue weighted by Crippen LogP contribution is -2.24. The van der Waals surface area contributed by atoms with Crippen LogP contribution in [0.25, 0.3) is 11.3 Å². The lowest BCUT2D eigenvalue weighted by molar-refractivity contribution is 0.0939. The topological polar surface area (TPSA) is 55.4 Å². The molecule has 2 aromatic heterocycles. The summed E-state index contributed by atoms with van der Waals surface area (Å²) < 4.78 is 37.4. The Morgan fingerprint density at radius 2 is 1.86 bits per heavy atom. The second-order valence-corrected chi connectivity index (χ2v) is 4.56. The van der Waals surface area contributed by atoms with Crippen LogP contribution in [0.1, 0.15) is 16.1 Å². The molecule has 0 aliphatic rings. The number of hydrogen-bond acceptors (Lipinski definition) is 3. The van der Waals surface area contributed by atoms with Crippen molar-refractivity contribution in [2.75, 3.05) is 0 Å². The molecule has 0 aliphatic heterocycles. The van der Waals surface area contributed by atoms with Crippen LogP contribution in [-0.2, 0) is 6.54 Å². The number of benzene rings is 1. The van der Waals surface area contributed by atoms with E-state index < -0.39 is 23.1 Å². The largest absolute Gasteiger partial charge is 0.472 e. The Morgan fingerprint density at radius 3 is 2.55 bits per heavy atom. The lowest BCUT2D eigenvalue weighted by atomic mass is 10.2. The molecule has 3 aromatic rings. The lowest BCUT2D eigenvalue weighted by Gasteiger charge is -2.05. The van der Waals surface area contributed by atoms with Gasteiger partial charge in [-0.25, -0.2) is 8.78 Å². The van der Waals surface area contributed by atoms with E-state index in [-0.39, 0.29) is 6.54 Å². The third-order valence-corrected chi connectivity index (χ3v) is 3.08. The molecule has 1 aromatic carbocycles. The average Bonchev–Trinajstić information content (AvgIpc) is 3.16. The summed E-state index contributed by atoms with van der Waals surface area (Å²) in [5, 5.41) is 2.42. The van der Waals surface area contributed by atoms with Crippen molar-refractivity contribution in [3.8, 4) is 11.3 Å². The summed E-state index contributed by atoms with van der Waals surface area (Å²) in [7, 11) is 0. The number of nitrogens with one attached hydrogen (secondary N) is 1. The zero-order valence-corrected chi connectivity index (χ0v) is 11.3. The van der Waals surface area contributed by atoms with Crippen LogP contribution in [0.15, 0.2) is 57.8 Å². The smallest absolute Gasteiger partial charge is 0.257 e. The summed E-state index contributed by atoms with van der Waals surface area (Å²) in [6.07, 6.45) is 3.04. The molecule has 0 saturated carbocycles. The van der Waals surface area contributed by atoms with Crippen molar-refractivity contribution in [1.82, 2.24) is 5.32 Å². The molecule has 0 atom stereocenters. The monoisotopic (exact) mass is 303 g/mol. The van der Waals surface area contributed by atoms with Gasteiger partial charge in [-0.3, -0.25) is 4.79 Å². The average molecular weight is 303 g/mol. The van der Waals surface area contributed by atoms with E-state index in [9.17, 15) is 13.6 Å². The molecule has 22 heavy (non-hydrogen) atoms. The van der Waals surface area contributed by atoms with Gasteiger partial charge in [0.05, 0.1) is 18.4 Å². The van der Waals surface area contributed by atoms with Gasteiger partial charge in [0.2, 0.25) is 0 Å². The van der Waals surface area contributed by atoms with Crippen molar-refractivity contribution >= 4 is 5.91 Å². The van der Waals surface area contributed by atoms with Crippen molar-refractivity contribution in [2.24, 2.45) is 0 Å². The Morgan fingerprint density at radius 1 is 1.09 bits per heavy atom. The molecule has 0 bridgehead atoms. The number of furan rings is 2. The summed E-state index contributed by atoms with van der Waals surface area (Å²) in [6, 6.07) is 8.38. The predicted octanol–water partition coefficient (Wildman–Crippen LogP) is 3.75. The SMILES string of the molecule is O=C(NCc1ccc(-c2ccoc2)o1)c1c(F)cccc1F. The molecule has 0 aliphatic carbocycles. The van der Waals surface area contributed by atoms with E-state index in [1.807, 2.05) is 0 Å². The molecule has 112 valence electrons. The van der Waals surface area contributed by atoms with Crippen LogP contribution in [0.5, 0.6) is 0 Å². The van der Waals surface area contributed by atoms with Crippen LogP contribution in [-0.4, -0.2) is 5.91 Å². The molecular weight excluding hydrogens is 292 g/mol. The second-order valence-electron chi connectivity index (χ2n) is 4.56. The number of amides is 1. The molecule has 3 rings (SSSR count). The van der Waals surface area contributed by atoms with Gasteiger partial charge in [-0.05, 0) is 30.3 Å². The standard InChI is InChI=1S/C16H11F2NO3/c17-12-2-1-3-13(18)15(12)16(20)19-8-11-4-5-14(22-11)10-6-7-21-9-10/h1-7,9H,8H2,(H,19,20). The van der Waals surface area contributed by atoms with Gasteiger partial charge in [-0.2, -0.15) is 0 Å². The van der Waals surface area contributed by atoms with Crippen molar-refractivity contribution in [1.29, 1.82) is 0 Å². The van der Waals surface area contributed by atoms with Gasteiger partial charge in [0.25, 0.3) is 5.91 Å². The minimum atomic E-state index is -0.906. The van der Waals surface area contributed by atoms with E-state index in [0.717, 1.165) is 17.7 Å². The molecule has 4 nitrogen and oxygen atoms in total. The first-order chi connectivity index (χ1) is 10.6. The Bertz CT molecular complexity index is 773. The van der Waals surface area contributed by atoms with Gasteiger partial charge in [0, 0.05) is 0 Å². The van der Waals surface area contributed by atoms with Gasteiger partial charge in [0.1, 0.15) is 35.0 Å². The molecule has 0 spiro atoms. The van der Waals surface area contributed by atoms with Crippen LogP contribution in [0.4, 0.5) is 8.78 Å². The number of hydrogen-bond donors (Lipinski definition) is 1. The minimum absolute atomic E-state index is 0.0183. The first-order valence-electron chi connectivity index (χ1n) is 6.48. The Kier molecular flexibility index (Phi) is 3.74. The van der Waals surface area contributed by atoms with E-state index in [1.165, 1.54) is 18.6 Å². The highest BCUT2D eigenvalue weighted by Crippen LogP contribution is 2.22. The highest BCUT2D eigenvalue weighted by atomic mass is 19.1. The van der Waals surface area contributed by atoms with Crippen LogP contribution in [0.2, 0.25) is 0 Å². The van der Waals surface area contributed by atoms with Crippen LogP contribution in [0, 0.1) is 11.6 Å². The van der Waals surface area contributed by atoms with Crippen LogP contribution < -0.4 is 5.32 Å². The maximum absolute atomic E-state index is 13.5. The molecule has 0 fully saturated rings. The molecule has 6 heteroatoms. The van der Waals surface area contributed by atoms with Gasteiger partial charge >= 0.3 is 0 Å². The van der Waals surface area contributed by atoms with E-state index in [2.05, 4.69) is 5.32 Å². The Balaban J connectivity index is 1.69. The van der Waals surface area contributed by atoms with E-state index in [1.54, 1.807) is 18.2 Å². The first-order valence-corrected chi connectivity index (χ1v) is 6.48. The Hall–Kier alpha value is -2.89. The molecule has 1 N–H and O–H groups in total. The van der Waals surface area contributed by atoms with E-state index in [0.29, 0.717) is 11.5 Å². The van der Waals surface area contributed by atoms with Crippen molar-refractivity contribution in [2.45, 2.75) is 6.54 Å². The van der Waals surface area contributed by atoms with Gasteiger partial charge in [-0.1, -0.05) is 6.07 Å². The van der Waals surface area contributed by atoms with Crippen LogP contribution in [0.3, 0.4) is 0 Å². The zero-order valence-electron chi connectivity index (χ0n) is 11.3. The third kappa shape index (κ3) is 2.76. The second kappa shape index (κ2) is 5.85. The number of halogens is 2. The summed E-state index contributed by atoms with van der Waals surface area (Å²) in [5.74, 6) is -1.61. The summed E-state index contributed by atoms with van der Waals surface area (Å²) in [4.78, 5) is 11.8. The predicted molar refractivity (Wildman–Crippen MR) is 73.9 cm³/mol. The summed E-state index contributed by atoms with van der Waals surface area (Å²) in [5.41, 5.74) is 0.154. The van der Waals surface area contributed by atoms with Crippen molar-refractivity contribution < 1.29 is 22.4 Å². The maximum Gasteiger partial charge on any atom is 0.257 e. The fourth-order valence-electron chi connectivity index (χ4n) is 2.00. The fraction of sp³-hybridized carbons (Fsp3) is 0.0625. The van der Waals surface area contributed by atoms with E-state index in [4.69, 9.17) is 8.83 Å². The molecule has 0 saturated heterocycles.